The van der Waals surface area contributed by atoms with Gasteiger partial charge in [-0.05, 0) is 0 Å². The number of hydrogen-bond acceptors (Lipinski definition) is 8. The molecule has 10 heteroatoms. The van der Waals surface area contributed by atoms with Crippen molar-refractivity contribution in [2.24, 2.45) is 5.73 Å². The number of carbonyl (C=O) groups is 1. The van der Waals surface area contributed by atoms with E-state index >= 15 is 0 Å². The molecule has 1 saturated heterocycles. The van der Waals surface area contributed by atoms with Crippen molar-refractivity contribution in [2.75, 3.05) is 6.61 Å². The monoisotopic (exact) mass is 316 g/mol. The molecular formula is C12H20N4O6. The SMILES string of the molecule is N[C@@H](Cc1c[nH]cn1)C(=O)N[C@@H]1O[C@H](CO)[C@@H](O)[C@H](O)[C@H]1O. The van der Waals surface area contributed by atoms with Crippen LogP contribution in [0.5, 0.6) is 0 Å². The highest BCUT2D eigenvalue weighted by molar-refractivity contribution is 5.82. The van der Waals surface area contributed by atoms with Crippen molar-refractivity contribution in [1.29, 1.82) is 0 Å². The van der Waals surface area contributed by atoms with Crippen molar-refractivity contribution in [3.63, 3.8) is 0 Å². The maximum atomic E-state index is 12.0. The molecule has 1 aliphatic heterocycles. The van der Waals surface area contributed by atoms with Crippen molar-refractivity contribution in [2.45, 2.75) is 43.1 Å². The highest BCUT2D eigenvalue weighted by Gasteiger charge is 2.44. The van der Waals surface area contributed by atoms with Gasteiger partial charge >= 0.3 is 0 Å². The van der Waals surface area contributed by atoms with E-state index in [9.17, 15) is 20.1 Å². The Morgan fingerprint density at radius 3 is 2.73 bits per heavy atom. The van der Waals surface area contributed by atoms with Crippen LogP contribution in [-0.4, -0.2) is 79.6 Å². The molecule has 0 aromatic carbocycles. The van der Waals surface area contributed by atoms with Crippen LogP contribution in [0.2, 0.25) is 0 Å². The van der Waals surface area contributed by atoms with Gasteiger partial charge in [-0.25, -0.2) is 4.98 Å². The molecule has 0 radical (unpaired) electrons. The van der Waals surface area contributed by atoms with Gasteiger partial charge < -0.3 is 41.2 Å². The number of aliphatic hydroxyl groups is 4. The third-order valence-electron chi connectivity index (χ3n) is 3.50. The fourth-order valence-electron chi connectivity index (χ4n) is 2.19. The van der Waals surface area contributed by atoms with E-state index in [4.69, 9.17) is 15.6 Å². The minimum absolute atomic E-state index is 0.173. The molecule has 0 aliphatic carbocycles. The maximum Gasteiger partial charge on any atom is 0.239 e. The van der Waals surface area contributed by atoms with Gasteiger partial charge in [-0.1, -0.05) is 0 Å². The van der Waals surface area contributed by atoms with Crippen LogP contribution < -0.4 is 11.1 Å². The van der Waals surface area contributed by atoms with E-state index < -0.39 is 49.2 Å². The fraction of sp³-hybridized carbons (Fsp3) is 0.667. The van der Waals surface area contributed by atoms with Crippen LogP contribution in [-0.2, 0) is 16.0 Å². The number of rotatable bonds is 5. The molecule has 0 unspecified atom stereocenters. The first-order valence-electron chi connectivity index (χ1n) is 6.78. The number of nitrogens with two attached hydrogens (primary N) is 1. The summed E-state index contributed by atoms with van der Waals surface area (Å²) in [6, 6.07) is -0.935. The smallest absolute Gasteiger partial charge is 0.239 e. The number of amides is 1. The van der Waals surface area contributed by atoms with Gasteiger partial charge in [-0.15, -0.1) is 0 Å². The van der Waals surface area contributed by atoms with Crippen LogP contribution in [0.4, 0.5) is 0 Å². The lowest BCUT2D eigenvalue weighted by Crippen LogP contribution is -2.64. The molecule has 1 aromatic rings. The van der Waals surface area contributed by atoms with Crippen molar-refractivity contribution in [3.8, 4) is 0 Å². The van der Waals surface area contributed by atoms with E-state index in [2.05, 4.69) is 15.3 Å². The van der Waals surface area contributed by atoms with Crippen molar-refractivity contribution in [1.82, 2.24) is 15.3 Å². The van der Waals surface area contributed by atoms with E-state index in [1.807, 2.05) is 0 Å². The number of imidazole rings is 1. The number of aromatic nitrogens is 2. The van der Waals surface area contributed by atoms with Crippen LogP contribution in [0.1, 0.15) is 5.69 Å². The van der Waals surface area contributed by atoms with Gasteiger partial charge in [0, 0.05) is 12.6 Å². The summed E-state index contributed by atoms with van der Waals surface area (Å²) in [5, 5.41) is 40.5. The molecule has 0 saturated carbocycles. The standard InChI is InChI=1S/C12H20N4O6/c13-6(1-5-2-14-4-15-5)11(21)16-12-10(20)9(19)8(18)7(3-17)22-12/h2,4,6-10,12,17-20H,1,3,13H2,(H,14,15)(H,16,21)/t6-,7+,8+,9-,10+,12+/m0/s1. The molecule has 1 aliphatic rings. The van der Waals surface area contributed by atoms with Gasteiger partial charge in [0.15, 0.2) is 6.23 Å². The Labute approximate surface area is 125 Å². The third-order valence-corrected chi connectivity index (χ3v) is 3.50. The highest BCUT2D eigenvalue weighted by atomic mass is 16.6. The summed E-state index contributed by atoms with van der Waals surface area (Å²) < 4.78 is 5.17. The number of H-pyrrole nitrogens is 1. The Balaban J connectivity index is 1.94. The second kappa shape index (κ2) is 7.13. The third kappa shape index (κ3) is 3.61. The van der Waals surface area contributed by atoms with Gasteiger partial charge in [-0.2, -0.15) is 0 Å². The second-order valence-electron chi connectivity index (χ2n) is 5.13. The summed E-state index contributed by atoms with van der Waals surface area (Å²) in [6.45, 7) is -0.573. The number of aromatic amines is 1. The normalized spacial score (nSPS) is 33.4. The van der Waals surface area contributed by atoms with E-state index in [-0.39, 0.29) is 6.42 Å². The average Bonchev–Trinajstić information content (AvgIpc) is 3.00. The molecule has 6 atom stereocenters. The Bertz CT molecular complexity index is 482. The quantitative estimate of drug-likeness (QED) is 0.289. The van der Waals surface area contributed by atoms with Crippen LogP contribution in [0.3, 0.4) is 0 Å². The zero-order chi connectivity index (χ0) is 16.3. The minimum Gasteiger partial charge on any atom is -0.394 e. The predicted octanol–water partition coefficient (Wildman–Crippen LogP) is -3.80. The lowest BCUT2D eigenvalue weighted by Gasteiger charge is -2.40. The summed E-state index contributed by atoms with van der Waals surface area (Å²) in [5.41, 5.74) is 6.33. The average molecular weight is 316 g/mol. The zero-order valence-corrected chi connectivity index (χ0v) is 11.7. The minimum atomic E-state index is -1.56. The molecule has 10 nitrogen and oxygen atoms in total. The fourth-order valence-corrected chi connectivity index (χ4v) is 2.19. The topological polar surface area (TPSA) is 174 Å². The van der Waals surface area contributed by atoms with Gasteiger partial charge in [0.2, 0.25) is 5.91 Å². The summed E-state index contributed by atoms with van der Waals surface area (Å²) >= 11 is 0. The number of hydrogen-bond donors (Lipinski definition) is 7. The molecule has 1 fully saturated rings. The van der Waals surface area contributed by atoms with E-state index in [1.54, 1.807) is 6.20 Å². The van der Waals surface area contributed by atoms with Crippen LogP contribution in [0.25, 0.3) is 0 Å². The Morgan fingerprint density at radius 1 is 1.41 bits per heavy atom. The highest BCUT2D eigenvalue weighted by Crippen LogP contribution is 2.19. The molecule has 124 valence electrons. The molecule has 2 rings (SSSR count). The lowest BCUT2D eigenvalue weighted by molar-refractivity contribution is -0.236. The number of ether oxygens (including phenoxy) is 1. The summed E-state index contributed by atoms with van der Waals surface area (Å²) in [5.74, 6) is -0.618. The molecular weight excluding hydrogens is 296 g/mol. The largest absolute Gasteiger partial charge is 0.394 e. The summed E-state index contributed by atoms with van der Waals surface area (Å²) in [7, 11) is 0. The van der Waals surface area contributed by atoms with Gasteiger partial charge in [-0.3, -0.25) is 4.79 Å². The van der Waals surface area contributed by atoms with Crippen molar-refractivity contribution in [3.05, 3.63) is 18.2 Å². The van der Waals surface area contributed by atoms with E-state index in [0.717, 1.165) is 0 Å². The van der Waals surface area contributed by atoms with E-state index in [0.29, 0.717) is 5.69 Å². The lowest BCUT2D eigenvalue weighted by atomic mass is 9.98. The van der Waals surface area contributed by atoms with Gasteiger partial charge in [0.05, 0.1) is 24.7 Å². The zero-order valence-electron chi connectivity index (χ0n) is 11.7. The second-order valence-corrected chi connectivity index (χ2v) is 5.13. The van der Waals surface area contributed by atoms with Gasteiger partial charge in [0.1, 0.15) is 24.4 Å². The van der Waals surface area contributed by atoms with Crippen LogP contribution in [0.15, 0.2) is 12.5 Å². The molecule has 22 heavy (non-hydrogen) atoms. The Hall–Kier alpha value is -1.56. The van der Waals surface area contributed by atoms with Crippen LogP contribution >= 0.6 is 0 Å². The molecule has 0 spiro atoms. The number of nitrogens with one attached hydrogen (secondary N) is 2. The molecule has 1 aromatic heterocycles. The predicted molar refractivity (Wildman–Crippen MR) is 72.2 cm³/mol. The first kappa shape index (κ1) is 16.8. The van der Waals surface area contributed by atoms with Crippen molar-refractivity contribution < 1.29 is 30.0 Å². The number of aliphatic hydroxyl groups excluding tert-OH is 4. The number of nitrogens with zero attached hydrogens (tertiary/aromatic N) is 1. The Morgan fingerprint density at radius 2 is 2.14 bits per heavy atom. The summed E-state index contributed by atoms with van der Waals surface area (Å²) in [6.07, 6.45) is -3.73. The Kier molecular flexibility index (Phi) is 5.45. The van der Waals surface area contributed by atoms with Crippen molar-refractivity contribution >= 4 is 5.91 Å². The first-order chi connectivity index (χ1) is 10.4. The van der Waals surface area contributed by atoms with E-state index in [1.165, 1.54) is 6.33 Å². The molecule has 1 amide bonds. The van der Waals surface area contributed by atoms with Crippen LogP contribution in [0, 0.1) is 0 Å². The molecule has 2 heterocycles. The molecule has 0 bridgehead atoms. The molecule has 8 N–H and O–H groups in total. The summed E-state index contributed by atoms with van der Waals surface area (Å²) in [4.78, 5) is 18.7. The van der Waals surface area contributed by atoms with Gasteiger partial charge in [0.25, 0.3) is 0 Å². The first-order valence-corrected chi connectivity index (χ1v) is 6.78. The maximum absolute atomic E-state index is 12.0. The number of carbonyl (C=O) groups excluding carboxylic acids is 1.